The van der Waals surface area contributed by atoms with Crippen LogP contribution in [0, 0.1) is 6.92 Å². The number of nitrogens with zero attached hydrogens (tertiary/aromatic N) is 5. The van der Waals surface area contributed by atoms with E-state index in [0.29, 0.717) is 25.9 Å². The molecule has 0 spiro atoms. The van der Waals surface area contributed by atoms with Crippen molar-refractivity contribution in [2.75, 3.05) is 13.1 Å². The van der Waals surface area contributed by atoms with E-state index in [9.17, 15) is 18.0 Å². The Morgan fingerprint density at radius 1 is 1.40 bits per heavy atom. The standard InChI is InChI=1S/C20H22F3N5O2/c1-12-8-15(20(21,22)23)17-18(26-30-19(17)25-12)14-4-3-6-27(10-14)16(29)9-13(2)28-7-5-24-11-28/h5,7-8,11,13-14H,3-4,6,9-10H2,1-2H3. The second-order valence-electron chi connectivity index (χ2n) is 7.80. The van der Waals surface area contributed by atoms with E-state index in [-0.39, 0.29) is 46.8 Å². The number of amides is 1. The zero-order valence-corrected chi connectivity index (χ0v) is 16.7. The Labute approximate surface area is 170 Å². The lowest BCUT2D eigenvalue weighted by Crippen LogP contribution is -2.40. The fourth-order valence-corrected chi connectivity index (χ4v) is 4.04. The van der Waals surface area contributed by atoms with Crippen molar-refractivity contribution >= 4 is 17.0 Å². The number of likely N-dealkylation sites (tertiary alicyclic amines) is 1. The molecule has 0 aliphatic carbocycles. The predicted molar refractivity (Wildman–Crippen MR) is 102 cm³/mol. The van der Waals surface area contributed by atoms with E-state index in [4.69, 9.17) is 4.52 Å². The maximum Gasteiger partial charge on any atom is 0.417 e. The minimum absolute atomic E-state index is 0.0429. The highest BCUT2D eigenvalue weighted by molar-refractivity contribution is 5.82. The van der Waals surface area contributed by atoms with Crippen LogP contribution >= 0.6 is 0 Å². The first kappa shape index (κ1) is 20.4. The molecule has 0 saturated carbocycles. The van der Waals surface area contributed by atoms with Crippen LogP contribution < -0.4 is 0 Å². The van der Waals surface area contributed by atoms with Crippen LogP contribution in [0.1, 0.15) is 55.1 Å². The molecule has 30 heavy (non-hydrogen) atoms. The molecule has 0 radical (unpaired) electrons. The summed E-state index contributed by atoms with van der Waals surface area (Å²) in [6.07, 6.45) is 2.17. The molecule has 2 unspecified atom stereocenters. The summed E-state index contributed by atoms with van der Waals surface area (Å²) >= 11 is 0. The van der Waals surface area contributed by atoms with E-state index < -0.39 is 11.7 Å². The van der Waals surface area contributed by atoms with Gasteiger partial charge < -0.3 is 14.0 Å². The molecule has 1 saturated heterocycles. The van der Waals surface area contributed by atoms with Gasteiger partial charge in [0.05, 0.1) is 23.0 Å². The zero-order chi connectivity index (χ0) is 21.5. The van der Waals surface area contributed by atoms with Crippen LogP contribution in [-0.4, -0.2) is 43.6 Å². The van der Waals surface area contributed by atoms with E-state index in [1.54, 1.807) is 23.6 Å². The molecule has 1 amide bonds. The summed E-state index contributed by atoms with van der Waals surface area (Å²) in [4.78, 5) is 22.6. The van der Waals surface area contributed by atoms with Crippen molar-refractivity contribution in [3.63, 3.8) is 0 Å². The Bertz CT molecular complexity index is 1040. The lowest BCUT2D eigenvalue weighted by molar-refractivity contribution is -0.136. The molecule has 0 aromatic carbocycles. The number of alkyl halides is 3. The fraction of sp³-hybridized carbons (Fsp3) is 0.500. The number of pyridine rings is 1. The predicted octanol–water partition coefficient (Wildman–Crippen LogP) is 4.10. The molecule has 0 bridgehead atoms. The molecule has 1 aliphatic rings. The number of piperidine rings is 1. The van der Waals surface area contributed by atoms with Crippen molar-refractivity contribution < 1.29 is 22.5 Å². The fourth-order valence-electron chi connectivity index (χ4n) is 4.04. The van der Waals surface area contributed by atoms with E-state index >= 15 is 0 Å². The summed E-state index contributed by atoms with van der Waals surface area (Å²) in [5.41, 5.74) is -0.468. The Morgan fingerprint density at radius 2 is 2.20 bits per heavy atom. The second kappa shape index (κ2) is 7.73. The molecular formula is C20H22F3N5O2. The molecule has 3 aromatic rings. The molecule has 1 aliphatic heterocycles. The highest BCUT2D eigenvalue weighted by Crippen LogP contribution is 2.40. The normalized spacial score (nSPS) is 18.7. The third kappa shape index (κ3) is 3.90. The van der Waals surface area contributed by atoms with Crippen LogP contribution in [0.15, 0.2) is 29.3 Å². The minimum Gasteiger partial charge on any atom is -0.342 e. The van der Waals surface area contributed by atoms with Crippen LogP contribution in [0.3, 0.4) is 0 Å². The molecule has 4 rings (SSSR count). The highest BCUT2D eigenvalue weighted by atomic mass is 19.4. The summed E-state index contributed by atoms with van der Waals surface area (Å²) in [5, 5.41) is 3.84. The van der Waals surface area contributed by atoms with Crippen LogP contribution in [0.4, 0.5) is 13.2 Å². The summed E-state index contributed by atoms with van der Waals surface area (Å²) in [6.45, 7) is 4.29. The number of carbonyl (C=O) groups is 1. The van der Waals surface area contributed by atoms with Gasteiger partial charge in [0.25, 0.3) is 5.71 Å². The van der Waals surface area contributed by atoms with E-state index in [0.717, 1.165) is 6.07 Å². The second-order valence-corrected chi connectivity index (χ2v) is 7.80. The maximum atomic E-state index is 13.6. The average molecular weight is 421 g/mol. The number of aryl methyl sites for hydroxylation is 1. The first-order valence-corrected chi connectivity index (χ1v) is 9.83. The number of hydrogen-bond donors (Lipinski definition) is 0. The van der Waals surface area contributed by atoms with Crippen molar-refractivity contribution in [3.8, 4) is 0 Å². The molecule has 0 N–H and O–H groups in total. The summed E-state index contributed by atoms with van der Waals surface area (Å²) < 4.78 is 47.9. The van der Waals surface area contributed by atoms with Gasteiger partial charge in [-0.3, -0.25) is 4.79 Å². The van der Waals surface area contributed by atoms with Gasteiger partial charge in [-0.15, -0.1) is 0 Å². The number of imidazole rings is 1. The number of rotatable bonds is 4. The Morgan fingerprint density at radius 3 is 2.90 bits per heavy atom. The van der Waals surface area contributed by atoms with Crippen LogP contribution in [0.25, 0.3) is 11.1 Å². The smallest absolute Gasteiger partial charge is 0.342 e. The number of carbonyl (C=O) groups excluding carboxylic acids is 1. The van der Waals surface area contributed by atoms with Gasteiger partial charge in [0.1, 0.15) is 0 Å². The van der Waals surface area contributed by atoms with Crippen LogP contribution in [0.5, 0.6) is 0 Å². The van der Waals surface area contributed by atoms with Crippen molar-refractivity contribution in [3.05, 3.63) is 41.7 Å². The molecule has 3 aromatic heterocycles. The van der Waals surface area contributed by atoms with Crippen molar-refractivity contribution in [2.24, 2.45) is 0 Å². The quantitative estimate of drug-likeness (QED) is 0.634. The molecule has 10 heteroatoms. The summed E-state index contributed by atoms with van der Waals surface area (Å²) in [6, 6.07) is 0.957. The Hall–Kier alpha value is -2.91. The zero-order valence-electron chi connectivity index (χ0n) is 16.7. The highest BCUT2D eigenvalue weighted by Gasteiger charge is 2.38. The van der Waals surface area contributed by atoms with Gasteiger partial charge in [-0.2, -0.15) is 13.2 Å². The van der Waals surface area contributed by atoms with Gasteiger partial charge in [0.15, 0.2) is 0 Å². The van der Waals surface area contributed by atoms with E-state index in [1.165, 1.54) is 6.92 Å². The first-order valence-electron chi connectivity index (χ1n) is 9.83. The number of hydrogen-bond acceptors (Lipinski definition) is 5. The Balaban J connectivity index is 1.58. The number of halogens is 3. The SMILES string of the molecule is Cc1cc(C(F)(F)F)c2c(C3CCCN(C(=O)CC(C)n4ccnc4)C3)noc2n1. The van der Waals surface area contributed by atoms with E-state index in [2.05, 4.69) is 15.1 Å². The van der Waals surface area contributed by atoms with Crippen molar-refractivity contribution in [1.82, 2.24) is 24.6 Å². The number of fused-ring (bicyclic) bond motifs is 1. The minimum atomic E-state index is -4.54. The largest absolute Gasteiger partial charge is 0.417 e. The molecule has 4 heterocycles. The maximum absolute atomic E-state index is 13.6. The third-order valence-corrected chi connectivity index (χ3v) is 5.57. The molecule has 160 valence electrons. The first-order chi connectivity index (χ1) is 14.2. The monoisotopic (exact) mass is 421 g/mol. The van der Waals surface area contributed by atoms with Crippen LogP contribution in [-0.2, 0) is 11.0 Å². The summed E-state index contributed by atoms with van der Waals surface area (Å²) in [7, 11) is 0. The van der Waals surface area contributed by atoms with Crippen LogP contribution in [0.2, 0.25) is 0 Å². The van der Waals surface area contributed by atoms with Gasteiger partial charge in [-0.25, -0.2) is 9.97 Å². The lowest BCUT2D eigenvalue weighted by atomic mass is 9.91. The Kier molecular flexibility index (Phi) is 5.25. The van der Waals surface area contributed by atoms with Gasteiger partial charge in [0, 0.05) is 49.6 Å². The molecular weight excluding hydrogens is 399 g/mol. The lowest BCUT2D eigenvalue weighted by Gasteiger charge is -2.33. The van der Waals surface area contributed by atoms with Crippen molar-refractivity contribution in [1.29, 1.82) is 0 Å². The molecule has 7 nitrogen and oxygen atoms in total. The van der Waals surface area contributed by atoms with Gasteiger partial charge in [0.2, 0.25) is 5.91 Å². The molecule has 1 fully saturated rings. The van der Waals surface area contributed by atoms with Crippen molar-refractivity contribution in [2.45, 2.75) is 51.2 Å². The van der Waals surface area contributed by atoms with Gasteiger partial charge in [-0.05, 0) is 32.8 Å². The average Bonchev–Trinajstić information content (AvgIpc) is 3.36. The number of aromatic nitrogens is 4. The molecule has 2 atom stereocenters. The van der Waals surface area contributed by atoms with Gasteiger partial charge >= 0.3 is 6.18 Å². The topological polar surface area (TPSA) is 77.0 Å². The van der Waals surface area contributed by atoms with E-state index in [1.807, 2.05) is 11.5 Å². The third-order valence-electron chi connectivity index (χ3n) is 5.57. The summed E-state index contributed by atoms with van der Waals surface area (Å²) in [5.74, 6) is -0.378. The van der Waals surface area contributed by atoms with Gasteiger partial charge in [-0.1, -0.05) is 5.16 Å².